The largest absolute Gasteiger partial charge is 0.310 e. The lowest BCUT2D eigenvalue weighted by molar-refractivity contribution is 0.511. The molecule has 584 valence electrons. The van der Waals surface area contributed by atoms with Gasteiger partial charge in [-0.3, -0.25) is 0 Å². The third kappa shape index (κ3) is 13.7. The van der Waals surface area contributed by atoms with Gasteiger partial charge in [0.15, 0.2) is 52.2 Å². The summed E-state index contributed by atoms with van der Waals surface area (Å²) >= 11 is 0. The Balaban J connectivity index is 0.000000161. The molecule has 0 saturated heterocycles. The lowest BCUT2D eigenvalue weighted by Gasteiger charge is -2.30. The van der Waals surface area contributed by atoms with Gasteiger partial charge in [-0.2, -0.15) is 5.26 Å². The van der Waals surface area contributed by atoms with E-state index in [-0.39, 0.29) is 22.3 Å². The Morgan fingerprint density at radius 1 is 0.238 bits per heavy atom. The van der Waals surface area contributed by atoms with Gasteiger partial charge in [0.05, 0.1) is 41.0 Å². The average molecular weight is 1610 g/mol. The molecular weight excluding hydrogens is 1550 g/mol. The molecule has 20 aromatic carbocycles. The number of halogens is 10. The van der Waals surface area contributed by atoms with Crippen LogP contribution in [0.3, 0.4) is 0 Å². The van der Waals surface area contributed by atoms with Crippen LogP contribution < -0.4 is 19.6 Å². The standard InChI is InChI=1S/C54H30F4N4.C52H30F6N2/c1-60-38-18-22-40(23-19-38)62(42-29-46(54(58)48(56)31-42)35-10-6-3-7-11-35)50-27-17-37-14-24-43-49(26-16-36-15-25-44(50)52(37)51(36)43)61(39-20-12-33(32-59)13-21-39)41-28-45(53(57)47(55)30-41)34-8-4-2-5-9-34;53-35-15-19-37(20-16-35)59(39-27-43(51(57)45(55)29-39)31-7-3-1-4-8-31)47-25-13-33-12-24-42-48(26-14-34-11-23-41(47)49(33)50(34)42)60(38-21-17-36(54)18-22-38)40-28-44(52(58)46(56)30-40)32-9-5-2-6-10-32/h2-31H;1-30H. The van der Waals surface area contributed by atoms with Crippen LogP contribution >= 0.6 is 0 Å². The molecule has 0 aliphatic carbocycles. The third-order valence-electron chi connectivity index (χ3n) is 22.3. The number of nitrogens with zero attached hydrogens (tertiary/aromatic N) is 6. The Morgan fingerprint density at radius 3 is 0.705 bits per heavy atom. The molecule has 0 bridgehead atoms. The van der Waals surface area contributed by atoms with E-state index in [1.165, 1.54) is 36.4 Å². The van der Waals surface area contributed by atoms with Crippen LogP contribution in [0.2, 0.25) is 0 Å². The summed E-state index contributed by atoms with van der Waals surface area (Å²) in [5.74, 6) is -8.95. The van der Waals surface area contributed by atoms with Gasteiger partial charge in [0.2, 0.25) is 0 Å². The lowest BCUT2D eigenvalue weighted by atomic mass is 9.91. The molecule has 0 atom stereocenters. The summed E-state index contributed by atoms with van der Waals surface area (Å²) in [6.07, 6.45) is 0. The number of rotatable bonds is 16. The second-order valence-electron chi connectivity index (χ2n) is 29.4. The van der Waals surface area contributed by atoms with Crippen molar-refractivity contribution < 1.29 is 43.9 Å². The quantitative estimate of drug-likeness (QED) is 0.0548. The van der Waals surface area contributed by atoms with Crippen molar-refractivity contribution in [2.75, 3.05) is 19.6 Å². The first-order valence-corrected chi connectivity index (χ1v) is 38.8. The zero-order valence-electron chi connectivity index (χ0n) is 64.1. The summed E-state index contributed by atoms with van der Waals surface area (Å²) < 4.78 is 154. The summed E-state index contributed by atoms with van der Waals surface area (Å²) in [6.45, 7) is 7.57. The number of benzene rings is 20. The van der Waals surface area contributed by atoms with E-state index in [1.54, 1.807) is 216 Å². The Kier molecular flexibility index (Phi) is 19.6. The van der Waals surface area contributed by atoms with Crippen molar-refractivity contribution in [2.45, 2.75) is 0 Å². The molecule has 0 aliphatic rings. The van der Waals surface area contributed by atoms with Crippen LogP contribution in [-0.4, -0.2) is 0 Å². The smallest absolute Gasteiger partial charge is 0.187 e. The lowest BCUT2D eigenvalue weighted by Crippen LogP contribution is -2.13. The van der Waals surface area contributed by atoms with E-state index < -0.39 is 58.2 Å². The Hall–Kier alpha value is -16.0. The van der Waals surface area contributed by atoms with Gasteiger partial charge in [0.1, 0.15) is 11.6 Å². The highest BCUT2D eigenvalue weighted by atomic mass is 19.2. The van der Waals surface area contributed by atoms with Crippen LogP contribution in [0.15, 0.2) is 364 Å². The maximum atomic E-state index is 15.8. The first-order valence-electron chi connectivity index (χ1n) is 38.8. The highest BCUT2D eigenvalue weighted by Crippen LogP contribution is 2.53. The van der Waals surface area contributed by atoms with E-state index in [4.69, 9.17) is 6.57 Å². The average Bonchev–Trinajstić information content (AvgIpc) is 0.721. The molecule has 0 amide bonds. The van der Waals surface area contributed by atoms with Crippen LogP contribution in [0.5, 0.6) is 0 Å². The predicted octanol–water partition coefficient (Wildman–Crippen LogP) is 31.5. The molecular formula is C106H60F10N6. The molecule has 0 N–H and O–H groups in total. The van der Waals surface area contributed by atoms with Crippen molar-refractivity contribution in [3.63, 3.8) is 0 Å². The number of nitriles is 1. The van der Waals surface area contributed by atoms with Crippen molar-refractivity contribution in [1.82, 2.24) is 0 Å². The van der Waals surface area contributed by atoms with E-state index in [0.717, 1.165) is 76.8 Å². The Labute approximate surface area is 693 Å². The van der Waals surface area contributed by atoms with Gasteiger partial charge >= 0.3 is 0 Å². The molecule has 122 heavy (non-hydrogen) atoms. The molecule has 0 spiro atoms. The first-order chi connectivity index (χ1) is 59.5. The van der Waals surface area contributed by atoms with E-state index in [1.807, 2.05) is 119 Å². The number of anilines is 12. The van der Waals surface area contributed by atoms with Crippen molar-refractivity contribution >= 4 is 139 Å². The van der Waals surface area contributed by atoms with Crippen molar-refractivity contribution in [3.8, 4) is 50.6 Å². The van der Waals surface area contributed by atoms with E-state index in [0.29, 0.717) is 102 Å². The van der Waals surface area contributed by atoms with Crippen molar-refractivity contribution in [3.05, 3.63) is 439 Å². The van der Waals surface area contributed by atoms with Gasteiger partial charge in [-0.25, -0.2) is 48.7 Å². The Morgan fingerprint density at radius 2 is 0.467 bits per heavy atom. The fourth-order valence-corrected chi connectivity index (χ4v) is 16.7. The van der Waals surface area contributed by atoms with Crippen LogP contribution in [-0.2, 0) is 0 Å². The highest BCUT2D eigenvalue weighted by Gasteiger charge is 2.30. The maximum Gasteiger partial charge on any atom is 0.187 e. The van der Waals surface area contributed by atoms with E-state index in [9.17, 15) is 14.0 Å². The van der Waals surface area contributed by atoms with Gasteiger partial charge in [0, 0.05) is 114 Å². The van der Waals surface area contributed by atoms with Gasteiger partial charge in [-0.05, 0) is 199 Å². The minimum atomic E-state index is -1.05. The van der Waals surface area contributed by atoms with Crippen LogP contribution in [0.25, 0.3) is 114 Å². The van der Waals surface area contributed by atoms with Crippen molar-refractivity contribution in [2.24, 2.45) is 0 Å². The van der Waals surface area contributed by atoms with Crippen LogP contribution in [0.1, 0.15) is 5.56 Å². The maximum absolute atomic E-state index is 15.8. The van der Waals surface area contributed by atoms with Crippen LogP contribution in [0.4, 0.5) is 118 Å². The zero-order valence-corrected chi connectivity index (χ0v) is 64.1. The van der Waals surface area contributed by atoms with Gasteiger partial charge in [0.25, 0.3) is 0 Å². The second-order valence-corrected chi connectivity index (χ2v) is 29.4. The van der Waals surface area contributed by atoms with E-state index >= 15 is 35.1 Å². The van der Waals surface area contributed by atoms with Gasteiger partial charge < -0.3 is 19.6 Å². The fourth-order valence-electron chi connectivity index (χ4n) is 16.7. The van der Waals surface area contributed by atoms with Crippen LogP contribution in [0, 0.1) is 76.1 Å². The highest BCUT2D eigenvalue weighted by molar-refractivity contribution is 6.30. The summed E-state index contributed by atoms with van der Waals surface area (Å²) in [7, 11) is 0. The molecule has 0 unspecified atom stereocenters. The molecule has 0 fully saturated rings. The molecule has 0 heterocycles. The molecule has 6 nitrogen and oxygen atoms in total. The summed E-state index contributed by atoms with van der Waals surface area (Å²) in [5, 5.41) is 19.8. The SMILES string of the molecule is Fc1ccc(N(c2cc(F)c(F)c(-c3ccccc3)c2)c2ccc3ccc4c(N(c5ccc(F)cc5)c5cc(F)c(F)c(-c6ccccc6)c5)ccc5ccc2c3c54)cc1.[C-]#[N+]c1ccc(N(c2cc(F)c(F)c(-c3ccccc3)c2)c2ccc3ccc4c(N(c5ccc(C#N)cc5)c5cc(F)c(F)c(-c6ccccc6)c5)ccc5ccc2c3c54)cc1. The number of hydrogen-bond acceptors (Lipinski definition) is 5. The summed E-state index contributed by atoms with van der Waals surface area (Å²) in [5.41, 5.74) is 9.37. The van der Waals surface area contributed by atoms with E-state index in [2.05, 4.69) is 10.9 Å². The second kappa shape index (κ2) is 31.4. The molecule has 20 rings (SSSR count). The summed E-state index contributed by atoms with van der Waals surface area (Å²) in [4.78, 5) is 10.8. The number of hydrogen-bond donors (Lipinski definition) is 0. The van der Waals surface area contributed by atoms with Gasteiger partial charge in [-0.15, -0.1) is 0 Å². The molecule has 0 radical (unpaired) electrons. The molecule has 16 heteroatoms. The minimum Gasteiger partial charge on any atom is -0.310 e. The zero-order chi connectivity index (χ0) is 83.6. The first kappa shape index (κ1) is 76.0. The Bertz CT molecular complexity index is 7070. The molecule has 0 saturated carbocycles. The molecule has 0 aromatic heterocycles. The minimum absolute atomic E-state index is 0.0635. The van der Waals surface area contributed by atoms with Gasteiger partial charge in [-0.1, -0.05) is 206 Å². The summed E-state index contributed by atoms with van der Waals surface area (Å²) in [6, 6.07) is 105. The monoisotopic (exact) mass is 1610 g/mol. The van der Waals surface area contributed by atoms with Crippen molar-refractivity contribution in [1.29, 1.82) is 5.26 Å². The molecule has 20 aromatic rings. The normalized spacial score (nSPS) is 11.3. The predicted molar refractivity (Wildman–Crippen MR) is 471 cm³/mol. The fraction of sp³-hybridized carbons (Fsp3) is 0. The third-order valence-corrected chi connectivity index (χ3v) is 22.3. The topological polar surface area (TPSA) is 41.1 Å². The molecule has 0 aliphatic heterocycles.